The molecule has 0 aliphatic carbocycles. The molecule has 0 heterocycles. The molecule has 50 valence electrons. The molecule has 0 fully saturated rings. The van der Waals surface area contributed by atoms with Gasteiger partial charge in [-0.3, -0.25) is 5.92 Å². The number of ether oxygens (including phenoxy) is 1. The van der Waals surface area contributed by atoms with Crippen LogP contribution in [0.4, 0.5) is 0 Å². The van der Waals surface area contributed by atoms with Crippen LogP contribution >= 0.6 is 0 Å². The van der Waals surface area contributed by atoms with Gasteiger partial charge in [0.05, 0.1) is 12.9 Å². The van der Waals surface area contributed by atoms with E-state index in [2.05, 4.69) is 5.92 Å². The van der Waals surface area contributed by atoms with Crippen LogP contribution in [0.25, 0.3) is 0 Å². The number of para-hydroxylation sites is 1. The number of methoxy groups -OCH3 is 1. The Bertz CT molecular complexity index is 263. The van der Waals surface area contributed by atoms with Crippen LogP contribution in [-0.4, -0.2) is 7.11 Å². The molecule has 0 aliphatic heterocycles. The standard InChI is InChI=1S/C9H7O.Li/c1-3-8-6-4-5-7-9(8)10-2;/h4-7H,2H3;/q-1;+1. The molecule has 0 aliphatic rings. The summed E-state index contributed by atoms with van der Waals surface area (Å²) in [5.41, 5.74) is 0.685. The molecule has 1 nitrogen and oxygen atoms in total. The summed E-state index contributed by atoms with van der Waals surface area (Å²) in [6.45, 7) is 0. The van der Waals surface area contributed by atoms with Crippen molar-refractivity contribution in [3.8, 4) is 11.7 Å². The maximum Gasteiger partial charge on any atom is 1.00 e. The van der Waals surface area contributed by atoms with Crippen LogP contribution in [0.5, 0.6) is 5.75 Å². The zero-order chi connectivity index (χ0) is 7.40. The van der Waals surface area contributed by atoms with Crippen LogP contribution < -0.4 is 23.6 Å². The van der Waals surface area contributed by atoms with E-state index in [0.717, 1.165) is 0 Å². The molecule has 0 radical (unpaired) electrons. The predicted molar refractivity (Wildman–Crippen MR) is 39.2 cm³/mol. The van der Waals surface area contributed by atoms with Crippen LogP contribution in [0.1, 0.15) is 5.56 Å². The van der Waals surface area contributed by atoms with Gasteiger partial charge in [-0.2, -0.15) is 0 Å². The monoisotopic (exact) mass is 138 g/mol. The number of rotatable bonds is 1. The largest absolute Gasteiger partial charge is 1.00 e. The first-order valence-corrected chi connectivity index (χ1v) is 2.94. The van der Waals surface area contributed by atoms with Gasteiger partial charge in [0, 0.05) is 0 Å². The molecule has 2 heteroatoms. The van der Waals surface area contributed by atoms with Gasteiger partial charge in [0.25, 0.3) is 0 Å². The molecular weight excluding hydrogens is 131 g/mol. The normalized spacial score (nSPS) is 7.64. The SMILES string of the molecule is [C-]#Cc1ccccc1OC.[Li+]. The maximum atomic E-state index is 6.86. The van der Waals surface area contributed by atoms with E-state index in [-0.39, 0.29) is 18.9 Å². The number of benzene rings is 1. The van der Waals surface area contributed by atoms with Crippen molar-refractivity contribution in [1.82, 2.24) is 0 Å². The smallest absolute Gasteiger partial charge is 0.514 e. The van der Waals surface area contributed by atoms with Gasteiger partial charge in [-0.1, -0.05) is 17.7 Å². The van der Waals surface area contributed by atoms with Crippen molar-refractivity contribution >= 4 is 0 Å². The Labute approximate surface area is 78.9 Å². The molecule has 0 saturated carbocycles. The second-order valence-corrected chi connectivity index (χ2v) is 1.83. The van der Waals surface area contributed by atoms with Crippen molar-refractivity contribution in [1.29, 1.82) is 0 Å². The van der Waals surface area contributed by atoms with Gasteiger partial charge in [0.2, 0.25) is 0 Å². The summed E-state index contributed by atoms with van der Waals surface area (Å²) in [7, 11) is 1.58. The van der Waals surface area contributed by atoms with E-state index in [9.17, 15) is 0 Å². The minimum Gasteiger partial charge on any atom is -0.514 e. The second kappa shape index (κ2) is 4.91. The number of hydrogen-bond acceptors (Lipinski definition) is 1. The summed E-state index contributed by atoms with van der Waals surface area (Å²) in [4.78, 5) is 0. The van der Waals surface area contributed by atoms with Crippen molar-refractivity contribution in [3.05, 3.63) is 36.3 Å². The van der Waals surface area contributed by atoms with Crippen LogP contribution in [0.15, 0.2) is 24.3 Å². The van der Waals surface area contributed by atoms with Crippen molar-refractivity contribution in [3.63, 3.8) is 0 Å². The van der Waals surface area contributed by atoms with Crippen LogP contribution in [0.2, 0.25) is 0 Å². The first-order valence-electron chi connectivity index (χ1n) is 2.94. The molecule has 1 aromatic carbocycles. The summed E-state index contributed by atoms with van der Waals surface area (Å²) in [5.74, 6) is 2.96. The second-order valence-electron chi connectivity index (χ2n) is 1.83. The van der Waals surface area contributed by atoms with E-state index in [0.29, 0.717) is 11.3 Å². The molecule has 0 unspecified atom stereocenters. The fraction of sp³-hybridized carbons (Fsp3) is 0.111. The molecule has 0 spiro atoms. The van der Waals surface area contributed by atoms with Gasteiger partial charge < -0.3 is 11.2 Å². The third-order valence-electron chi connectivity index (χ3n) is 1.24. The van der Waals surface area contributed by atoms with E-state index < -0.39 is 0 Å². The summed E-state index contributed by atoms with van der Waals surface area (Å²) in [6, 6.07) is 7.29. The topological polar surface area (TPSA) is 9.23 Å². The van der Waals surface area contributed by atoms with Crippen LogP contribution in [0.3, 0.4) is 0 Å². The Morgan fingerprint density at radius 3 is 2.45 bits per heavy atom. The van der Waals surface area contributed by atoms with E-state index >= 15 is 0 Å². The first-order chi connectivity index (χ1) is 4.88. The van der Waals surface area contributed by atoms with E-state index in [1.54, 1.807) is 19.2 Å². The molecule has 0 amide bonds. The van der Waals surface area contributed by atoms with Gasteiger partial charge >= 0.3 is 18.9 Å². The van der Waals surface area contributed by atoms with Crippen LogP contribution in [0, 0.1) is 12.3 Å². The molecule has 0 N–H and O–H groups in total. The number of hydrogen-bond donors (Lipinski definition) is 0. The fourth-order valence-corrected chi connectivity index (χ4v) is 0.748. The zero-order valence-corrected chi connectivity index (χ0v) is 6.72. The molecule has 11 heavy (non-hydrogen) atoms. The third-order valence-corrected chi connectivity index (χ3v) is 1.24. The maximum absolute atomic E-state index is 6.86. The molecule has 0 bridgehead atoms. The van der Waals surface area contributed by atoms with Gasteiger partial charge in [-0.05, 0) is 6.07 Å². The first kappa shape index (κ1) is 10.2. The molecule has 0 aromatic heterocycles. The molecule has 0 atom stereocenters. The van der Waals surface area contributed by atoms with Gasteiger partial charge in [-0.25, -0.2) is 0 Å². The minimum absolute atomic E-state index is 0. The molecule has 1 aromatic rings. The summed E-state index contributed by atoms with van der Waals surface area (Å²) >= 11 is 0. The van der Waals surface area contributed by atoms with Crippen molar-refractivity contribution in [2.24, 2.45) is 0 Å². The average molecular weight is 138 g/mol. The Hall–Kier alpha value is -0.823. The minimum atomic E-state index is 0. The third kappa shape index (κ3) is 2.35. The Kier molecular flexibility index (Phi) is 4.54. The van der Waals surface area contributed by atoms with E-state index in [4.69, 9.17) is 11.2 Å². The Balaban J connectivity index is 0.000001000. The predicted octanol–water partition coefficient (Wildman–Crippen LogP) is -1.36. The molecule has 0 saturated heterocycles. The Morgan fingerprint density at radius 2 is 2.00 bits per heavy atom. The summed E-state index contributed by atoms with van der Waals surface area (Å²) in [6.07, 6.45) is 6.86. The van der Waals surface area contributed by atoms with Crippen LogP contribution in [-0.2, 0) is 0 Å². The zero-order valence-electron chi connectivity index (χ0n) is 6.72. The quantitative estimate of drug-likeness (QED) is 0.264. The average Bonchev–Trinajstić information content (AvgIpc) is 2.04. The van der Waals surface area contributed by atoms with E-state index in [1.165, 1.54) is 0 Å². The molecular formula is C9H7LiO. The van der Waals surface area contributed by atoms with Crippen molar-refractivity contribution in [2.45, 2.75) is 0 Å². The summed E-state index contributed by atoms with van der Waals surface area (Å²) in [5, 5.41) is 0. The molecule has 1 rings (SSSR count). The summed E-state index contributed by atoms with van der Waals surface area (Å²) < 4.78 is 4.95. The Morgan fingerprint density at radius 1 is 1.36 bits per heavy atom. The van der Waals surface area contributed by atoms with Gasteiger partial charge in [0.15, 0.2) is 0 Å². The van der Waals surface area contributed by atoms with Crippen molar-refractivity contribution < 1.29 is 23.6 Å². The van der Waals surface area contributed by atoms with Gasteiger partial charge in [0.1, 0.15) is 0 Å². The van der Waals surface area contributed by atoms with Crippen molar-refractivity contribution in [2.75, 3.05) is 7.11 Å². The van der Waals surface area contributed by atoms with E-state index in [1.807, 2.05) is 12.1 Å². The van der Waals surface area contributed by atoms with Gasteiger partial charge in [-0.15, -0.1) is 6.07 Å². The fourth-order valence-electron chi connectivity index (χ4n) is 0.748.